The van der Waals surface area contributed by atoms with Crippen LogP contribution in [0.1, 0.15) is 78.3 Å². The first-order valence-corrected chi connectivity index (χ1v) is 10.9. The van der Waals surface area contributed by atoms with Gasteiger partial charge in [-0.2, -0.15) is 0 Å². The molecule has 0 saturated heterocycles. The minimum absolute atomic E-state index is 0.00649. The first-order chi connectivity index (χ1) is 15.0. The molecule has 0 aliphatic heterocycles. The average Bonchev–Trinajstić information content (AvgIpc) is 3.19. The summed E-state index contributed by atoms with van der Waals surface area (Å²) in [5.41, 5.74) is 3.13. The van der Waals surface area contributed by atoms with Gasteiger partial charge in [0, 0.05) is 12.8 Å². The van der Waals surface area contributed by atoms with Gasteiger partial charge in [0.1, 0.15) is 5.82 Å². The highest BCUT2D eigenvalue weighted by molar-refractivity contribution is 5.92. The summed E-state index contributed by atoms with van der Waals surface area (Å²) in [6.07, 6.45) is 5.15. The van der Waals surface area contributed by atoms with Gasteiger partial charge in [0.05, 0.1) is 12.1 Å². The minimum atomic E-state index is -0.937. The van der Waals surface area contributed by atoms with Crippen LogP contribution in [-0.2, 0) is 13.0 Å². The van der Waals surface area contributed by atoms with Gasteiger partial charge in [0.2, 0.25) is 11.6 Å². The van der Waals surface area contributed by atoms with Gasteiger partial charge in [0.25, 0.3) is 0 Å². The van der Waals surface area contributed by atoms with E-state index in [2.05, 4.69) is 23.9 Å². The Bertz CT molecular complexity index is 1040. The van der Waals surface area contributed by atoms with Gasteiger partial charge in [-0.1, -0.05) is 63.1 Å². The summed E-state index contributed by atoms with van der Waals surface area (Å²) in [7, 11) is 0. The van der Waals surface area contributed by atoms with Crippen molar-refractivity contribution < 1.29 is 14.7 Å². The quantitative estimate of drug-likeness (QED) is 0.420. The van der Waals surface area contributed by atoms with Gasteiger partial charge in [-0.25, -0.2) is 14.5 Å². The predicted molar refractivity (Wildman–Crippen MR) is 120 cm³/mol. The van der Waals surface area contributed by atoms with E-state index in [4.69, 9.17) is 0 Å². The van der Waals surface area contributed by atoms with Crippen LogP contribution in [0, 0.1) is 0 Å². The number of benzene rings is 2. The topological polar surface area (TPSA) is 85.1 Å². The minimum Gasteiger partial charge on any atom is -0.478 e. The van der Waals surface area contributed by atoms with Crippen molar-refractivity contribution in [2.75, 3.05) is 0 Å². The van der Waals surface area contributed by atoms with Gasteiger partial charge in [-0.3, -0.25) is 4.79 Å². The molecule has 1 heterocycles. The number of carbonyl (C=O) groups is 2. The summed E-state index contributed by atoms with van der Waals surface area (Å²) in [6.45, 7) is 4.74. The standard InChI is InChI=1S/C25H29N3O3/c1-3-5-10-22(29)24-26-23(11-6-4-2)28(27-24)17-18-12-14-19(15-13-18)20-8-7-9-21(16-20)25(30)31/h7-9,12-16H,3-6,10-11,17H2,1-2H3,(H,30,31). The highest BCUT2D eigenvalue weighted by Crippen LogP contribution is 2.22. The van der Waals surface area contributed by atoms with Crippen LogP contribution in [-0.4, -0.2) is 31.6 Å². The van der Waals surface area contributed by atoms with Crippen molar-refractivity contribution in [3.05, 3.63) is 71.3 Å². The Hall–Kier alpha value is -3.28. The molecular weight excluding hydrogens is 390 g/mol. The van der Waals surface area contributed by atoms with Crippen molar-refractivity contribution in [3.8, 4) is 11.1 Å². The van der Waals surface area contributed by atoms with E-state index >= 15 is 0 Å². The van der Waals surface area contributed by atoms with Crippen molar-refractivity contribution in [1.29, 1.82) is 0 Å². The number of Topliss-reactive ketones (excluding diaryl/α,β-unsaturated/α-hetero) is 1. The SMILES string of the molecule is CCCCC(=O)c1nc(CCCC)n(Cc2ccc(-c3cccc(C(=O)O)c3)cc2)n1. The Labute approximate surface area is 183 Å². The molecule has 0 saturated carbocycles. The third-order valence-corrected chi connectivity index (χ3v) is 5.24. The zero-order valence-corrected chi connectivity index (χ0v) is 18.2. The Morgan fingerprint density at radius 3 is 2.39 bits per heavy atom. The zero-order chi connectivity index (χ0) is 22.2. The zero-order valence-electron chi connectivity index (χ0n) is 18.2. The molecule has 3 rings (SSSR count). The summed E-state index contributed by atoms with van der Waals surface area (Å²) in [5, 5.41) is 13.7. The van der Waals surface area contributed by atoms with Crippen LogP contribution >= 0.6 is 0 Å². The fraction of sp³-hybridized carbons (Fsp3) is 0.360. The fourth-order valence-electron chi connectivity index (χ4n) is 3.40. The molecule has 0 bridgehead atoms. The second-order valence-electron chi connectivity index (χ2n) is 7.72. The molecule has 0 fully saturated rings. The molecule has 31 heavy (non-hydrogen) atoms. The van der Waals surface area contributed by atoms with E-state index in [9.17, 15) is 14.7 Å². The fourth-order valence-corrected chi connectivity index (χ4v) is 3.40. The number of rotatable bonds is 11. The highest BCUT2D eigenvalue weighted by Gasteiger charge is 2.16. The number of nitrogens with zero attached hydrogens (tertiary/aromatic N) is 3. The van der Waals surface area contributed by atoms with Gasteiger partial charge < -0.3 is 5.11 Å². The number of aryl methyl sites for hydroxylation is 1. The molecule has 162 valence electrons. The molecule has 6 nitrogen and oxygen atoms in total. The Kier molecular flexibility index (Phi) is 7.70. The predicted octanol–water partition coefficient (Wildman–Crippen LogP) is 5.41. The molecule has 0 aliphatic carbocycles. The van der Waals surface area contributed by atoms with E-state index in [1.165, 1.54) is 0 Å². The molecule has 1 N–H and O–H groups in total. The van der Waals surface area contributed by atoms with Crippen LogP contribution in [0.5, 0.6) is 0 Å². The van der Waals surface area contributed by atoms with Crippen LogP contribution in [0.25, 0.3) is 11.1 Å². The summed E-state index contributed by atoms with van der Waals surface area (Å²) in [4.78, 5) is 28.1. The van der Waals surface area contributed by atoms with E-state index < -0.39 is 5.97 Å². The van der Waals surface area contributed by atoms with Gasteiger partial charge in [0.15, 0.2) is 0 Å². The van der Waals surface area contributed by atoms with Crippen molar-refractivity contribution in [2.24, 2.45) is 0 Å². The molecule has 0 spiro atoms. The third kappa shape index (κ3) is 5.87. The maximum Gasteiger partial charge on any atom is 0.335 e. The van der Waals surface area contributed by atoms with Crippen LogP contribution in [0.4, 0.5) is 0 Å². The second kappa shape index (κ2) is 10.7. The Balaban J connectivity index is 1.79. The number of aromatic carboxylic acids is 1. The molecule has 2 aromatic carbocycles. The molecule has 0 unspecified atom stereocenters. The number of aromatic nitrogens is 3. The number of hydrogen-bond acceptors (Lipinski definition) is 4. The van der Waals surface area contributed by atoms with Crippen LogP contribution in [0.15, 0.2) is 48.5 Å². The lowest BCUT2D eigenvalue weighted by atomic mass is 10.0. The first-order valence-electron chi connectivity index (χ1n) is 10.9. The largest absolute Gasteiger partial charge is 0.478 e. The van der Waals surface area contributed by atoms with Crippen molar-refractivity contribution >= 4 is 11.8 Å². The second-order valence-corrected chi connectivity index (χ2v) is 7.72. The summed E-state index contributed by atoms with van der Waals surface area (Å²) < 4.78 is 1.84. The van der Waals surface area contributed by atoms with Crippen molar-refractivity contribution in [1.82, 2.24) is 14.8 Å². The molecule has 0 atom stereocenters. The van der Waals surface area contributed by atoms with E-state index in [-0.39, 0.29) is 11.3 Å². The maximum atomic E-state index is 12.4. The van der Waals surface area contributed by atoms with E-state index in [0.717, 1.165) is 54.6 Å². The Morgan fingerprint density at radius 2 is 1.71 bits per heavy atom. The molecule has 1 aromatic heterocycles. The van der Waals surface area contributed by atoms with E-state index in [1.54, 1.807) is 18.2 Å². The molecular formula is C25H29N3O3. The Morgan fingerprint density at radius 1 is 0.968 bits per heavy atom. The molecule has 3 aromatic rings. The monoisotopic (exact) mass is 419 g/mol. The lowest BCUT2D eigenvalue weighted by Gasteiger charge is -2.08. The summed E-state index contributed by atoms with van der Waals surface area (Å²) in [5.74, 6) is 0.238. The molecule has 0 aliphatic rings. The lowest BCUT2D eigenvalue weighted by Crippen LogP contribution is -2.08. The van der Waals surface area contributed by atoms with E-state index in [1.807, 2.05) is 35.0 Å². The number of unbranched alkanes of at least 4 members (excludes halogenated alkanes) is 2. The number of ketones is 1. The molecule has 0 amide bonds. The number of carboxylic acids is 1. The third-order valence-electron chi connectivity index (χ3n) is 5.24. The van der Waals surface area contributed by atoms with Gasteiger partial charge in [-0.05, 0) is 41.7 Å². The lowest BCUT2D eigenvalue weighted by molar-refractivity contribution is 0.0696. The van der Waals surface area contributed by atoms with Gasteiger partial charge >= 0.3 is 5.97 Å². The normalized spacial score (nSPS) is 10.9. The van der Waals surface area contributed by atoms with Gasteiger partial charge in [-0.15, -0.1) is 5.10 Å². The van der Waals surface area contributed by atoms with Crippen molar-refractivity contribution in [2.45, 2.75) is 58.9 Å². The maximum absolute atomic E-state index is 12.4. The smallest absolute Gasteiger partial charge is 0.335 e. The average molecular weight is 420 g/mol. The van der Waals surface area contributed by atoms with Crippen LogP contribution in [0.3, 0.4) is 0 Å². The number of hydrogen-bond donors (Lipinski definition) is 1. The highest BCUT2D eigenvalue weighted by atomic mass is 16.4. The molecule has 0 radical (unpaired) electrons. The summed E-state index contributed by atoms with van der Waals surface area (Å²) >= 11 is 0. The number of carboxylic acid groups (broad SMARTS) is 1. The van der Waals surface area contributed by atoms with Crippen LogP contribution in [0.2, 0.25) is 0 Å². The summed E-state index contributed by atoms with van der Waals surface area (Å²) in [6, 6.07) is 14.9. The first kappa shape index (κ1) is 22.4. The number of carbonyl (C=O) groups excluding carboxylic acids is 1. The van der Waals surface area contributed by atoms with Crippen LogP contribution < -0.4 is 0 Å². The van der Waals surface area contributed by atoms with Crippen molar-refractivity contribution in [3.63, 3.8) is 0 Å². The van der Waals surface area contributed by atoms with E-state index in [0.29, 0.717) is 18.8 Å². The molecule has 6 heteroatoms.